The first-order valence-corrected chi connectivity index (χ1v) is 5.12. The van der Waals surface area contributed by atoms with Gasteiger partial charge >= 0.3 is 0 Å². The summed E-state index contributed by atoms with van der Waals surface area (Å²) < 4.78 is 0. The van der Waals surface area contributed by atoms with Crippen LogP contribution in [-0.2, 0) is 0 Å². The van der Waals surface area contributed by atoms with E-state index < -0.39 is 0 Å². The molecule has 0 radical (unpaired) electrons. The van der Waals surface area contributed by atoms with Gasteiger partial charge in [0, 0.05) is 13.1 Å². The zero-order valence-electron chi connectivity index (χ0n) is 9.04. The Morgan fingerprint density at radius 1 is 0.929 bits per heavy atom. The lowest BCUT2D eigenvalue weighted by Gasteiger charge is -2.11. The Kier molecular flexibility index (Phi) is 7.59. The van der Waals surface area contributed by atoms with Gasteiger partial charge in [0.05, 0.1) is 0 Å². The first-order chi connectivity index (χ1) is 6.70. The van der Waals surface area contributed by atoms with Crippen LogP contribution < -0.4 is 16.0 Å². The van der Waals surface area contributed by atoms with Crippen LogP contribution in [0.1, 0.15) is 33.1 Å². The minimum Gasteiger partial charge on any atom is -0.356 e. The van der Waals surface area contributed by atoms with Gasteiger partial charge in [-0.2, -0.15) is 0 Å². The lowest BCUT2D eigenvalue weighted by atomic mass is 10.3. The van der Waals surface area contributed by atoms with Crippen LogP contribution in [0.2, 0.25) is 0 Å². The van der Waals surface area contributed by atoms with Crippen LogP contribution in [-0.4, -0.2) is 25.0 Å². The Morgan fingerprint density at radius 2 is 1.50 bits per heavy atom. The fourth-order valence-corrected chi connectivity index (χ4v) is 0.854. The van der Waals surface area contributed by atoms with Gasteiger partial charge < -0.3 is 10.6 Å². The zero-order chi connectivity index (χ0) is 10.8. The molecule has 14 heavy (non-hydrogen) atoms. The molecule has 0 aromatic heterocycles. The van der Waals surface area contributed by atoms with Gasteiger partial charge in [-0.1, -0.05) is 20.3 Å². The average Bonchev–Trinajstić information content (AvgIpc) is 2.15. The zero-order valence-corrected chi connectivity index (χ0v) is 9.04. The monoisotopic (exact) mass is 199 g/mol. The molecule has 0 spiro atoms. The van der Waals surface area contributed by atoms with E-state index >= 15 is 0 Å². The van der Waals surface area contributed by atoms with Gasteiger partial charge in [-0.05, 0) is 12.8 Å². The van der Waals surface area contributed by atoms with E-state index in [2.05, 4.69) is 22.9 Å². The van der Waals surface area contributed by atoms with Crippen molar-refractivity contribution in [3.05, 3.63) is 0 Å². The van der Waals surface area contributed by atoms with Crippen molar-refractivity contribution in [1.82, 2.24) is 16.0 Å². The second-order valence-corrected chi connectivity index (χ2v) is 3.08. The summed E-state index contributed by atoms with van der Waals surface area (Å²) in [5.74, 6) is 0.368. The van der Waals surface area contributed by atoms with Gasteiger partial charge in [-0.3, -0.25) is 16.1 Å². The minimum absolute atomic E-state index is 0.181. The van der Waals surface area contributed by atoms with E-state index in [1.807, 2.05) is 6.92 Å². The third kappa shape index (κ3) is 7.39. The molecule has 82 valence electrons. The highest BCUT2D eigenvalue weighted by Gasteiger charge is 1.97. The largest absolute Gasteiger partial charge is 0.356 e. The summed E-state index contributed by atoms with van der Waals surface area (Å²) >= 11 is 0. The van der Waals surface area contributed by atoms with Crippen molar-refractivity contribution in [2.45, 2.75) is 33.1 Å². The molecule has 0 aliphatic heterocycles. The molecular formula is C9H21N5. The fourth-order valence-electron chi connectivity index (χ4n) is 0.854. The highest BCUT2D eigenvalue weighted by molar-refractivity contribution is 5.95. The smallest absolute Gasteiger partial charge is 0.195 e. The molecule has 0 rings (SSSR count). The van der Waals surface area contributed by atoms with Crippen LogP contribution in [0.4, 0.5) is 0 Å². The maximum Gasteiger partial charge on any atom is 0.195 e. The van der Waals surface area contributed by atoms with Gasteiger partial charge in [0.2, 0.25) is 0 Å². The number of hydrogen-bond acceptors (Lipinski definition) is 2. The van der Waals surface area contributed by atoms with E-state index in [-0.39, 0.29) is 11.9 Å². The van der Waals surface area contributed by atoms with E-state index in [1.165, 1.54) is 0 Å². The van der Waals surface area contributed by atoms with Crippen molar-refractivity contribution in [1.29, 1.82) is 10.8 Å². The first-order valence-electron chi connectivity index (χ1n) is 5.12. The molecule has 0 aromatic rings. The molecule has 0 saturated carbocycles. The quantitative estimate of drug-likeness (QED) is 0.258. The molecule has 0 amide bonds. The van der Waals surface area contributed by atoms with E-state index in [4.69, 9.17) is 10.8 Å². The molecule has 0 bridgehead atoms. The maximum absolute atomic E-state index is 7.43. The molecule has 0 fully saturated rings. The summed E-state index contributed by atoms with van der Waals surface area (Å²) in [4.78, 5) is 0. The standard InChI is InChI=1S/C9H21N5/c1-3-5-7-13-9(11)14-8(10)12-6-4-2/h3-7H2,1-2H3,(H5,10,11,12,13,14). The molecule has 0 unspecified atom stereocenters. The third-order valence-corrected chi connectivity index (χ3v) is 1.63. The highest BCUT2D eigenvalue weighted by atomic mass is 15.2. The average molecular weight is 199 g/mol. The topological polar surface area (TPSA) is 83.8 Å². The predicted molar refractivity (Wildman–Crippen MR) is 59.8 cm³/mol. The van der Waals surface area contributed by atoms with E-state index in [9.17, 15) is 0 Å². The van der Waals surface area contributed by atoms with Crippen LogP contribution in [0.25, 0.3) is 0 Å². The Labute approximate surface area is 85.7 Å². The number of unbranched alkanes of at least 4 members (excludes halogenated alkanes) is 1. The van der Waals surface area contributed by atoms with Gasteiger partial charge in [0.15, 0.2) is 11.9 Å². The van der Waals surface area contributed by atoms with E-state index in [0.29, 0.717) is 0 Å². The van der Waals surface area contributed by atoms with Crippen molar-refractivity contribution < 1.29 is 0 Å². The van der Waals surface area contributed by atoms with Gasteiger partial charge in [-0.25, -0.2) is 0 Å². The van der Waals surface area contributed by atoms with Crippen molar-refractivity contribution in [3.63, 3.8) is 0 Å². The second-order valence-electron chi connectivity index (χ2n) is 3.08. The molecule has 0 atom stereocenters. The SMILES string of the molecule is CCCCNC(=N)NC(=N)NCCC. The molecule has 5 heteroatoms. The van der Waals surface area contributed by atoms with Crippen LogP contribution in [0.15, 0.2) is 0 Å². The summed E-state index contributed by atoms with van der Waals surface area (Å²) in [7, 11) is 0. The van der Waals surface area contributed by atoms with Gasteiger partial charge in [0.25, 0.3) is 0 Å². The molecule has 5 N–H and O–H groups in total. The molecule has 0 aliphatic carbocycles. The third-order valence-electron chi connectivity index (χ3n) is 1.63. The molecular weight excluding hydrogens is 178 g/mol. The highest BCUT2D eigenvalue weighted by Crippen LogP contribution is 1.81. The summed E-state index contributed by atoms with van der Waals surface area (Å²) in [6.07, 6.45) is 3.12. The Balaban J connectivity index is 3.45. The van der Waals surface area contributed by atoms with Crippen LogP contribution in [0.5, 0.6) is 0 Å². The summed E-state index contributed by atoms with van der Waals surface area (Å²) in [6.45, 7) is 5.67. The second kappa shape index (κ2) is 8.34. The summed E-state index contributed by atoms with van der Waals surface area (Å²) in [6, 6.07) is 0. The fraction of sp³-hybridized carbons (Fsp3) is 0.778. The van der Waals surface area contributed by atoms with Crippen molar-refractivity contribution >= 4 is 11.9 Å². The van der Waals surface area contributed by atoms with Crippen LogP contribution >= 0.6 is 0 Å². The Bertz CT molecular complexity index is 178. The maximum atomic E-state index is 7.43. The summed E-state index contributed by atoms with van der Waals surface area (Å²) in [5, 5.41) is 23.2. The normalized spacial score (nSPS) is 9.29. The van der Waals surface area contributed by atoms with Crippen LogP contribution in [0, 0.1) is 10.8 Å². The lowest BCUT2D eigenvalue weighted by Crippen LogP contribution is -2.46. The van der Waals surface area contributed by atoms with Crippen LogP contribution in [0.3, 0.4) is 0 Å². The number of guanidine groups is 2. The number of rotatable bonds is 5. The number of nitrogens with one attached hydrogen (secondary N) is 5. The van der Waals surface area contributed by atoms with Crippen molar-refractivity contribution in [2.24, 2.45) is 0 Å². The van der Waals surface area contributed by atoms with Gasteiger partial charge in [-0.15, -0.1) is 0 Å². The minimum atomic E-state index is 0.181. The number of hydrogen-bond donors (Lipinski definition) is 5. The molecule has 0 heterocycles. The predicted octanol–water partition coefficient (Wildman–Crippen LogP) is 0.835. The van der Waals surface area contributed by atoms with Crippen molar-refractivity contribution in [3.8, 4) is 0 Å². The molecule has 0 aliphatic rings. The summed E-state index contributed by atoms with van der Waals surface area (Å²) in [5.41, 5.74) is 0. The van der Waals surface area contributed by atoms with E-state index in [1.54, 1.807) is 0 Å². The molecule has 0 aromatic carbocycles. The lowest BCUT2D eigenvalue weighted by molar-refractivity contribution is 0.740. The first kappa shape index (κ1) is 12.7. The Morgan fingerprint density at radius 3 is 2.00 bits per heavy atom. The van der Waals surface area contributed by atoms with Gasteiger partial charge in [0.1, 0.15) is 0 Å². The van der Waals surface area contributed by atoms with E-state index in [0.717, 1.165) is 32.4 Å². The Hall–Kier alpha value is -1.26. The van der Waals surface area contributed by atoms with Crippen molar-refractivity contribution in [2.75, 3.05) is 13.1 Å². The molecule has 5 nitrogen and oxygen atoms in total. The molecule has 0 saturated heterocycles.